The van der Waals surface area contributed by atoms with Crippen molar-refractivity contribution < 1.29 is 0 Å². The molecule has 5 heteroatoms. The highest BCUT2D eigenvalue weighted by Crippen LogP contribution is 2.25. The molecule has 0 aliphatic heterocycles. The van der Waals surface area contributed by atoms with Crippen LogP contribution < -0.4 is 5.32 Å². The van der Waals surface area contributed by atoms with Crippen molar-refractivity contribution in [2.24, 2.45) is 5.92 Å². The van der Waals surface area contributed by atoms with Crippen LogP contribution in [0.5, 0.6) is 0 Å². The molecule has 4 nitrogen and oxygen atoms in total. The minimum atomic E-state index is 0.719. The predicted molar refractivity (Wildman–Crippen MR) is 72.6 cm³/mol. The summed E-state index contributed by atoms with van der Waals surface area (Å²) in [4.78, 5) is 13.4. The second-order valence-electron chi connectivity index (χ2n) is 4.71. The average molecular weight is 260 g/mol. The third-order valence-electron chi connectivity index (χ3n) is 3.41. The van der Waals surface area contributed by atoms with Gasteiger partial charge in [0.2, 0.25) is 0 Å². The van der Waals surface area contributed by atoms with Gasteiger partial charge in [-0.15, -0.1) is 11.3 Å². The molecule has 1 N–H and O–H groups in total. The number of aromatic nitrogens is 3. The molecule has 3 rings (SSSR count). The normalized spacial score (nSPS) is 18.6. The molecule has 2 aromatic heterocycles. The van der Waals surface area contributed by atoms with Gasteiger partial charge in [-0.1, -0.05) is 0 Å². The lowest BCUT2D eigenvalue weighted by molar-refractivity contribution is 0.434. The molecule has 1 unspecified atom stereocenters. The molecular weight excluding hydrogens is 244 g/mol. The molecule has 0 aromatic carbocycles. The first kappa shape index (κ1) is 11.7. The average Bonchev–Trinajstić information content (AvgIpc) is 2.92. The lowest BCUT2D eigenvalue weighted by atomic mass is 9.87. The van der Waals surface area contributed by atoms with Gasteiger partial charge in [0.05, 0.1) is 5.51 Å². The summed E-state index contributed by atoms with van der Waals surface area (Å²) in [5, 5.41) is 5.25. The topological polar surface area (TPSA) is 50.7 Å². The van der Waals surface area contributed by atoms with Crippen LogP contribution in [0.25, 0.3) is 11.5 Å². The second-order valence-corrected chi connectivity index (χ2v) is 5.42. The number of hydrogen-bond acceptors (Lipinski definition) is 5. The number of rotatable bonds is 3. The van der Waals surface area contributed by atoms with E-state index < -0.39 is 0 Å². The Morgan fingerprint density at radius 3 is 3.17 bits per heavy atom. The SMILES string of the molecule is CNCC1CCc2nc(-c3cscn3)ncc2C1. The molecule has 94 valence electrons. The maximum absolute atomic E-state index is 4.66. The molecule has 0 fully saturated rings. The molecule has 2 heterocycles. The molecule has 18 heavy (non-hydrogen) atoms. The van der Waals surface area contributed by atoms with E-state index in [1.807, 2.05) is 24.1 Å². The highest BCUT2D eigenvalue weighted by Gasteiger charge is 2.20. The Kier molecular flexibility index (Phi) is 3.34. The van der Waals surface area contributed by atoms with E-state index in [1.54, 1.807) is 11.3 Å². The summed E-state index contributed by atoms with van der Waals surface area (Å²) in [6.07, 6.45) is 5.34. The first-order chi connectivity index (χ1) is 8.86. The number of nitrogens with zero attached hydrogens (tertiary/aromatic N) is 3. The van der Waals surface area contributed by atoms with E-state index in [-0.39, 0.29) is 0 Å². The molecule has 0 saturated carbocycles. The molecule has 2 aromatic rings. The minimum absolute atomic E-state index is 0.719. The Morgan fingerprint density at radius 1 is 1.44 bits per heavy atom. The van der Waals surface area contributed by atoms with Crippen LogP contribution >= 0.6 is 11.3 Å². The summed E-state index contributed by atoms with van der Waals surface area (Å²) in [6.45, 7) is 1.08. The largest absolute Gasteiger partial charge is 0.319 e. The molecule has 0 radical (unpaired) electrons. The van der Waals surface area contributed by atoms with Gasteiger partial charge < -0.3 is 5.32 Å². The fraction of sp³-hybridized carbons (Fsp3) is 0.462. The molecular formula is C13H16N4S. The van der Waals surface area contributed by atoms with Crippen LogP contribution in [-0.2, 0) is 12.8 Å². The van der Waals surface area contributed by atoms with Crippen LogP contribution in [-0.4, -0.2) is 28.5 Å². The second kappa shape index (κ2) is 5.12. The standard InChI is InChI=1S/C13H16N4S/c1-14-5-9-2-3-11-10(4-9)6-15-13(17-11)12-7-18-8-16-12/h6-9,14H,2-5H2,1H3. The van der Waals surface area contributed by atoms with E-state index in [0.29, 0.717) is 0 Å². The smallest absolute Gasteiger partial charge is 0.179 e. The summed E-state index contributed by atoms with van der Waals surface area (Å²) >= 11 is 1.58. The lowest BCUT2D eigenvalue weighted by Crippen LogP contribution is -2.25. The Hall–Kier alpha value is -1.33. The van der Waals surface area contributed by atoms with Crippen LogP contribution in [0.15, 0.2) is 17.1 Å². The van der Waals surface area contributed by atoms with Gasteiger partial charge in [-0.2, -0.15) is 0 Å². The van der Waals surface area contributed by atoms with Gasteiger partial charge in [-0.25, -0.2) is 15.0 Å². The molecule has 1 aliphatic rings. The van der Waals surface area contributed by atoms with Crippen molar-refractivity contribution in [1.29, 1.82) is 0 Å². The van der Waals surface area contributed by atoms with Gasteiger partial charge in [0.15, 0.2) is 5.82 Å². The number of nitrogens with one attached hydrogen (secondary N) is 1. The van der Waals surface area contributed by atoms with E-state index in [9.17, 15) is 0 Å². The van der Waals surface area contributed by atoms with Crippen molar-refractivity contribution in [3.8, 4) is 11.5 Å². The third-order valence-corrected chi connectivity index (χ3v) is 3.99. The zero-order chi connectivity index (χ0) is 12.4. The van der Waals surface area contributed by atoms with E-state index in [0.717, 1.165) is 36.8 Å². The van der Waals surface area contributed by atoms with Gasteiger partial charge >= 0.3 is 0 Å². The number of fused-ring (bicyclic) bond motifs is 1. The summed E-state index contributed by atoms with van der Waals surface area (Å²) in [7, 11) is 2.01. The maximum atomic E-state index is 4.66. The van der Waals surface area contributed by atoms with Crippen molar-refractivity contribution in [3.63, 3.8) is 0 Å². The van der Waals surface area contributed by atoms with E-state index >= 15 is 0 Å². The van der Waals surface area contributed by atoms with Gasteiger partial charge in [-0.3, -0.25) is 0 Å². The molecule has 0 bridgehead atoms. The van der Waals surface area contributed by atoms with Gasteiger partial charge in [-0.05, 0) is 44.3 Å². The van der Waals surface area contributed by atoms with E-state index in [4.69, 9.17) is 0 Å². The van der Waals surface area contributed by atoms with E-state index in [1.165, 1.54) is 17.7 Å². The first-order valence-corrected chi connectivity index (χ1v) is 7.19. The molecule has 1 aliphatic carbocycles. The third kappa shape index (κ3) is 2.28. The number of hydrogen-bond donors (Lipinski definition) is 1. The fourth-order valence-corrected chi connectivity index (χ4v) is 3.02. The van der Waals surface area contributed by atoms with Crippen LogP contribution in [0, 0.1) is 5.92 Å². The molecule has 1 atom stereocenters. The van der Waals surface area contributed by atoms with Crippen LogP contribution in [0.4, 0.5) is 0 Å². The zero-order valence-corrected chi connectivity index (χ0v) is 11.2. The van der Waals surface area contributed by atoms with Crippen molar-refractivity contribution in [2.75, 3.05) is 13.6 Å². The minimum Gasteiger partial charge on any atom is -0.319 e. The monoisotopic (exact) mass is 260 g/mol. The first-order valence-electron chi connectivity index (χ1n) is 6.24. The van der Waals surface area contributed by atoms with Crippen LogP contribution in [0.2, 0.25) is 0 Å². The van der Waals surface area contributed by atoms with Crippen molar-refractivity contribution >= 4 is 11.3 Å². The number of thiazole rings is 1. The van der Waals surface area contributed by atoms with Gasteiger partial charge in [0, 0.05) is 17.3 Å². The summed E-state index contributed by atoms with van der Waals surface area (Å²) in [6, 6.07) is 0. The van der Waals surface area contributed by atoms with Crippen LogP contribution in [0.3, 0.4) is 0 Å². The number of aryl methyl sites for hydroxylation is 1. The Morgan fingerprint density at radius 2 is 2.39 bits per heavy atom. The van der Waals surface area contributed by atoms with Crippen molar-refractivity contribution in [1.82, 2.24) is 20.3 Å². The van der Waals surface area contributed by atoms with Crippen molar-refractivity contribution in [3.05, 3.63) is 28.3 Å². The highest BCUT2D eigenvalue weighted by atomic mass is 32.1. The van der Waals surface area contributed by atoms with Crippen molar-refractivity contribution in [2.45, 2.75) is 19.3 Å². The van der Waals surface area contributed by atoms with Gasteiger partial charge in [0.25, 0.3) is 0 Å². The molecule has 0 amide bonds. The quantitative estimate of drug-likeness (QED) is 0.916. The maximum Gasteiger partial charge on any atom is 0.179 e. The van der Waals surface area contributed by atoms with Gasteiger partial charge in [0.1, 0.15) is 5.69 Å². The Labute approximate surface area is 111 Å². The van der Waals surface area contributed by atoms with E-state index in [2.05, 4.69) is 20.3 Å². The van der Waals surface area contributed by atoms with Crippen LogP contribution in [0.1, 0.15) is 17.7 Å². The Balaban J connectivity index is 1.85. The summed E-state index contributed by atoms with van der Waals surface area (Å²) in [5.74, 6) is 1.48. The highest BCUT2D eigenvalue weighted by molar-refractivity contribution is 7.07. The molecule has 0 saturated heterocycles. The fourth-order valence-electron chi connectivity index (χ4n) is 2.49. The summed E-state index contributed by atoms with van der Waals surface area (Å²) < 4.78 is 0. The Bertz CT molecular complexity index is 524. The molecule has 0 spiro atoms. The zero-order valence-electron chi connectivity index (χ0n) is 10.4. The summed E-state index contributed by atoms with van der Waals surface area (Å²) in [5.41, 5.74) is 5.22. The predicted octanol–water partition coefficient (Wildman–Crippen LogP) is 1.92. The lowest BCUT2D eigenvalue weighted by Gasteiger charge is -2.23.